The van der Waals surface area contributed by atoms with Crippen molar-refractivity contribution in [3.63, 3.8) is 0 Å². The maximum Gasteiger partial charge on any atom is 0.472 e. The standard InChI is InChI=1S/C33H64NO10P/c1-5-6-7-8-9-10-11-12-13-14-15-18-21-24-32(37)41-28-30(29-43-45(39,40)42-27-26-34(2,3)4)44-33(38)25-22-19-16-17-20-23-31(35)36/h30H,5-29H2,1-4H3,(H-,35,36,39,40)/p+1/t30-/m1/s1/i2D3,3D3,4D3. The van der Waals surface area contributed by atoms with Gasteiger partial charge in [-0.1, -0.05) is 103 Å². The summed E-state index contributed by atoms with van der Waals surface area (Å²) in [7, 11) is -5.10. The summed E-state index contributed by atoms with van der Waals surface area (Å²) in [5.41, 5.74) is 0. The molecule has 0 rings (SSSR count). The molecule has 0 amide bonds. The van der Waals surface area contributed by atoms with Crippen LogP contribution in [0, 0.1) is 0 Å². The Balaban J connectivity index is 5.05. The van der Waals surface area contributed by atoms with Crippen LogP contribution in [0.15, 0.2) is 0 Å². The number of esters is 2. The molecule has 2 N–H and O–H groups in total. The van der Waals surface area contributed by atoms with Gasteiger partial charge in [0.25, 0.3) is 0 Å². The van der Waals surface area contributed by atoms with E-state index in [2.05, 4.69) is 6.92 Å². The van der Waals surface area contributed by atoms with Crippen LogP contribution in [0.1, 0.15) is 154 Å². The third-order valence-corrected chi connectivity index (χ3v) is 8.07. The predicted molar refractivity (Wildman–Crippen MR) is 176 cm³/mol. The van der Waals surface area contributed by atoms with Gasteiger partial charge in [0.1, 0.15) is 19.8 Å². The topological polar surface area (TPSA) is 146 Å². The van der Waals surface area contributed by atoms with Gasteiger partial charge in [0.2, 0.25) is 0 Å². The first kappa shape index (κ1) is 29.6. The van der Waals surface area contributed by atoms with Gasteiger partial charge in [-0.15, -0.1) is 0 Å². The molecule has 0 saturated heterocycles. The number of carboxylic acid groups (broad SMARTS) is 1. The van der Waals surface area contributed by atoms with Crippen LogP contribution in [0.2, 0.25) is 0 Å². The first-order valence-corrected chi connectivity index (χ1v) is 18.2. The Labute approximate surface area is 285 Å². The molecule has 0 spiro atoms. The van der Waals surface area contributed by atoms with Crippen molar-refractivity contribution in [3.05, 3.63) is 0 Å². The smallest absolute Gasteiger partial charge is 0.472 e. The highest BCUT2D eigenvalue weighted by atomic mass is 31.2. The zero-order chi connectivity index (χ0) is 41.3. The van der Waals surface area contributed by atoms with Crippen LogP contribution in [-0.2, 0) is 37.5 Å². The van der Waals surface area contributed by atoms with Gasteiger partial charge < -0.3 is 24.0 Å². The molecule has 2 atom stereocenters. The van der Waals surface area contributed by atoms with Gasteiger partial charge in [0.05, 0.1) is 39.9 Å². The van der Waals surface area contributed by atoms with Gasteiger partial charge in [0.15, 0.2) is 6.10 Å². The third kappa shape index (κ3) is 32.2. The number of carboxylic acids is 1. The molecule has 45 heavy (non-hydrogen) atoms. The van der Waals surface area contributed by atoms with E-state index in [1.807, 2.05) is 0 Å². The molecule has 0 aromatic rings. The normalized spacial score (nSPS) is 17.5. The molecule has 0 fully saturated rings. The first-order chi connectivity index (χ1) is 25.1. The van der Waals surface area contributed by atoms with E-state index in [1.165, 1.54) is 51.4 Å². The predicted octanol–water partition coefficient (Wildman–Crippen LogP) is 7.58. The summed E-state index contributed by atoms with van der Waals surface area (Å²) in [6, 6.07) is 0. The van der Waals surface area contributed by atoms with Crippen LogP contribution in [0.25, 0.3) is 0 Å². The molecule has 11 nitrogen and oxygen atoms in total. The van der Waals surface area contributed by atoms with Gasteiger partial charge >= 0.3 is 25.7 Å². The van der Waals surface area contributed by atoms with Gasteiger partial charge in [-0.25, -0.2) is 4.57 Å². The molecule has 0 saturated carbocycles. The molecule has 0 aromatic carbocycles. The molecule has 0 bridgehead atoms. The van der Waals surface area contributed by atoms with Crippen molar-refractivity contribution in [2.45, 2.75) is 148 Å². The van der Waals surface area contributed by atoms with Crippen molar-refractivity contribution >= 4 is 25.7 Å². The molecular formula is C33H65NO10P+. The Morgan fingerprint density at radius 3 is 1.64 bits per heavy atom. The lowest BCUT2D eigenvalue weighted by Gasteiger charge is -2.24. The second-order valence-corrected chi connectivity index (χ2v) is 13.0. The maximum atomic E-state index is 12.7. The van der Waals surface area contributed by atoms with E-state index in [9.17, 15) is 23.8 Å². The highest BCUT2D eigenvalue weighted by molar-refractivity contribution is 7.47. The second kappa shape index (κ2) is 27.6. The number of phosphoric ester groups is 1. The number of rotatable bonds is 32. The first-order valence-electron chi connectivity index (χ1n) is 21.2. The van der Waals surface area contributed by atoms with Crippen LogP contribution in [0.4, 0.5) is 0 Å². The van der Waals surface area contributed by atoms with Crippen molar-refractivity contribution in [3.8, 4) is 0 Å². The van der Waals surface area contributed by atoms with Crippen LogP contribution in [0.5, 0.6) is 0 Å². The molecule has 266 valence electrons. The number of quaternary nitrogens is 1. The van der Waals surface area contributed by atoms with Crippen LogP contribution < -0.4 is 0 Å². The van der Waals surface area contributed by atoms with Gasteiger partial charge in [-0.3, -0.25) is 23.4 Å². The highest BCUT2D eigenvalue weighted by Gasteiger charge is 2.27. The number of ether oxygens (including phenoxy) is 2. The lowest BCUT2D eigenvalue weighted by Crippen LogP contribution is -2.37. The molecule has 12 heteroatoms. The molecular weight excluding hydrogens is 601 g/mol. The van der Waals surface area contributed by atoms with Gasteiger partial charge in [0, 0.05) is 19.3 Å². The average molecular weight is 676 g/mol. The Hall–Kier alpha value is -1.52. The van der Waals surface area contributed by atoms with Crippen LogP contribution >= 0.6 is 7.82 Å². The largest absolute Gasteiger partial charge is 0.481 e. The number of nitrogens with zero attached hydrogens (tertiary/aromatic N) is 1. The van der Waals surface area contributed by atoms with Gasteiger partial charge in [-0.05, 0) is 19.3 Å². The van der Waals surface area contributed by atoms with E-state index >= 15 is 0 Å². The van der Waals surface area contributed by atoms with Crippen LogP contribution in [0.3, 0.4) is 0 Å². The Bertz CT molecular complexity index is 1070. The summed E-state index contributed by atoms with van der Waals surface area (Å²) in [5, 5.41) is 8.73. The maximum absolute atomic E-state index is 12.7. The van der Waals surface area contributed by atoms with E-state index < -0.39 is 83.6 Å². The lowest BCUT2D eigenvalue weighted by molar-refractivity contribution is -0.870. The fourth-order valence-electron chi connectivity index (χ4n) is 4.49. The fourth-order valence-corrected chi connectivity index (χ4v) is 5.23. The molecule has 0 aliphatic carbocycles. The number of hydrogen-bond donors (Lipinski definition) is 2. The summed E-state index contributed by atoms with van der Waals surface area (Å²) < 4.78 is 99.3. The summed E-state index contributed by atoms with van der Waals surface area (Å²) >= 11 is 0. The number of carbonyl (C=O) groups is 3. The molecule has 0 heterocycles. The van der Waals surface area contributed by atoms with Crippen molar-refractivity contribution in [2.24, 2.45) is 0 Å². The van der Waals surface area contributed by atoms with Crippen molar-refractivity contribution in [2.75, 3.05) is 47.3 Å². The Morgan fingerprint density at radius 2 is 1.16 bits per heavy atom. The van der Waals surface area contributed by atoms with E-state index in [1.54, 1.807) is 0 Å². The number of unbranched alkanes of at least 4 members (excludes halogenated alkanes) is 16. The van der Waals surface area contributed by atoms with E-state index in [-0.39, 0.29) is 19.3 Å². The number of hydrogen-bond acceptors (Lipinski definition) is 8. The molecule has 0 radical (unpaired) electrons. The van der Waals surface area contributed by atoms with Crippen molar-refractivity contribution in [1.82, 2.24) is 0 Å². The summed E-state index contributed by atoms with van der Waals surface area (Å²) in [4.78, 5) is 45.9. The van der Waals surface area contributed by atoms with Gasteiger partial charge in [-0.2, -0.15) is 0 Å². The average Bonchev–Trinajstić information content (AvgIpc) is 3.04. The molecule has 1 unspecified atom stereocenters. The minimum absolute atomic E-state index is 0.0466. The minimum atomic E-state index is -5.10. The second-order valence-electron chi connectivity index (χ2n) is 11.6. The zero-order valence-corrected chi connectivity index (χ0v) is 28.2. The van der Waals surface area contributed by atoms with E-state index in [0.29, 0.717) is 38.5 Å². The molecule has 0 aromatic heterocycles. The third-order valence-electron chi connectivity index (χ3n) is 7.09. The zero-order valence-electron chi connectivity index (χ0n) is 36.3. The summed E-state index contributed by atoms with van der Waals surface area (Å²) in [5.74, 6) is -2.17. The molecule has 0 aliphatic heterocycles. The minimum Gasteiger partial charge on any atom is -0.481 e. The van der Waals surface area contributed by atoms with Crippen LogP contribution in [-0.4, -0.2) is 85.8 Å². The monoisotopic (exact) mass is 675 g/mol. The van der Waals surface area contributed by atoms with Crippen molar-refractivity contribution in [1.29, 1.82) is 0 Å². The Kier molecular flexibility index (Phi) is 18.1. The number of likely N-dealkylation sites (N-methyl/N-ethyl adjacent to an activating group) is 1. The van der Waals surface area contributed by atoms with Crippen molar-refractivity contribution < 1.29 is 64.3 Å². The lowest BCUT2D eigenvalue weighted by atomic mass is 10.0. The Morgan fingerprint density at radius 1 is 0.689 bits per heavy atom. The molecule has 0 aliphatic rings. The number of aliphatic carboxylic acids is 1. The SMILES string of the molecule is [2H]C([2H])([2H])[N+](CCOP(=O)(O)OC[C@@H](COC(=O)CCCCCCCCCCCCCCC)OC(=O)CCCCCCCC(=O)O)(C([2H])([2H])[2H])C([2H])([2H])[2H]. The summed E-state index contributed by atoms with van der Waals surface area (Å²) in [6.45, 7) is -12.2. The summed E-state index contributed by atoms with van der Waals surface area (Å²) in [6.07, 6.45) is 16.4. The number of carbonyl (C=O) groups excluding carboxylic acids is 2. The van der Waals surface area contributed by atoms with E-state index in [0.717, 1.165) is 25.7 Å². The highest BCUT2D eigenvalue weighted by Crippen LogP contribution is 2.43. The van der Waals surface area contributed by atoms with E-state index in [4.69, 9.17) is 36.0 Å². The quantitative estimate of drug-likeness (QED) is 0.0317. The number of phosphoric acid groups is 1. The fraction of sp³-hybridized carbons (Fsp3) is 0.909.